The minimum Gasteiger partial charge on any atom is -0.381 e. The van der Waals surface area contributed by atoms with Crippen LogP contribution in [0.5, 0.6) is 0 Å². The van der Waals surface area contributed by atoms with E-state index in [1.54, 1.807) is 11.3 Å². The molecule has 1 atom stereocenters. The van der Waals surface area contributed by atoms with Gasteiger partial charge in [-0.1, -0.05) is 13.0 Å². The number of nitrogens with zero attached hydrogens (tertiary/aromatic N) is 1. The molecule has 0 aromatic carbocycles. The molecule has 3 aliphatic rings. The van der Waals surface area contributed by atoms with Crippen molar-refractivity contribution < 1.29 is 14.3 Å². The standard InChI is InChI=1S/C20H28N2O3S/c1-14-9-15(10-14)19(24)22-12-17(20(13-22)4-6-25-7-5-20)18(23)21-11-16-3-2-8-26-16/h2-3,8,14-15,17H,4-7,9-13H2,1H3,(H,21,23). The zero-order chi connectivity index (χ0) is 18.1. The van der Waals surface area contributed by atoms with Crippen molar-refractivity contribution in [1.82, 2.24) is 10.2 Å². The van der Waals surface area contributed by atoms with Gasteiger partial charge in [-0.2, -0.15) is 0 Å². The van der Waals surface area contributed by atoms with E-state index in [1.165, 1.54) is 0 Å². The van der Waals surface area contributed by atoms with Crippen LogP contribution in [0.25, 0.3) is 0 Å². The summed E-state index contributed by atoms with van der Waals surface area (Å²) in [6, 6.07) is 4.04. The largest absolute Gasteiger partial charge is 0.381 e. The summed E-state index contributed by atoms with van der Waals surface area (Å²) in [6.07, 6.45) is 3.74. The minimum absolute atomic E-state index is 0.0950. The smallest absolute Gasteiger partial charge is 0.225 e. The highest BCUT2D eigenvalue weighted by atomic mass is 32.1. The lowest BCUT2D eigenvalue weighted by Crippen LogP contribution is -2.44. The highest BCUT2D eigenvalue weighted by molar-refractivity contribution is 7.09. The second-order valence-corrected chi connectivity index (χ2v) is 9.35. The molecule has 2 saturated heterocycles. The predicted octanol–water partition coefficient (Wildman–Crippen LogP) is 2.67. The van der Waals surface area contributed by atoms with Crippen LogP contribution in [0.15, 0.2) is 17.5 Å². The molecular formula is C20H28N2O3S. The Balaban J connectivity index is 1.45. The number of carbonyl (C=O) groups excluding carboxylic acids is 2. The maximum absolute atomic E-state index is 13.0. The highest BCUT2D eigenvalue weighted by Crippen LogP contribution is 2.46. The first-order chi connectivity index (χ1) is 12.6. The van der Waals surface area contributed by atoms with E-state index in [0.29, 0.717) is 32.2 Å². The van der Waals surface area contributed by atoms with Gasteiger partial charge in [-0.05, 0) is 43.0 Å². The zero-order valence-electron chi connectivity index (χ0n) is 15.4. The van der Waals surface area contributed by atoms with Crippen molar-refractivity contribution in [2.45, 2.75) is 39.2 Å². The van der Waals surface area contributed by atoms with Crippen molar-refractivity contribution in [2.24, 2.45) is 23.2 Å². The molecule has 4 rings (SSSR count). The van der Waals surface area contributed by atoms with Crippen LogP contribution in [0.2, 0.25) is 0 Å². The van der Waals surface area contributed by atoms with Gasteiger partial charge in [0, 0.05) is 42.5 Å². The van der Waals surface area contributed by atoms with E-state index >= 15 is 0 Å². The SMILES string of the molecule is CC1CC(C(=O)N2CC(C(=O)NCc3cccs3)C3(CCOCC3)C2)C1. The summed E-state index contributed by atoms with van der Waals surface area (Å²) in [5.41, 5.74) is -0.108. The summed E-state index contributed by atoms with van der Waals surface area (Å²) >= 11 is 1.66. The van der Waals surface area contributed by atoms with Crippen molar-refractivity contribution in [3.8, 4) is 0 Å². The number of likely N-dealkylation sites (tertiary alicyclic amines) is 1. The molecule has 0 bridgehead atoms. The summed E-state index contributed by atoms with van der Waals surface area (Å²) in [4.78, 5) is 29.0. The van der Waals surface area contributed by atoms with Crippen molar-refractivity contribution in [3.05, 3.63) is 22.4 Å². The number of rotatable bonds is 4. The van der Waals surface area contributed by atoms with E-state index in [1.807, 2.05) is 22.4 Å². The van der Waals surface area contributed by atoms with E-state index in [4.69, 9.17) is 4.74 Å². The van der Waals surface area contributed by atoms with Gasteiger partial charge >= 0.3 is 0 Å². The Morgan fingerprint density at radius 3 is 2.77 bits per heavy atom. The summed E-state index contributed by atoms with van der Waals surface area (Å²) in [5, 5.41) is 5.14. The number of hydrogen-bond donors (Lipinski definition) is 1. The Morgan fingerprint density at radius 2 is 2.12 bits per heavy atom. The summed E-state index contributed by atoms with van der Waals surface area (Å²) < 4.78 is 5.56. The van der Waals surface area contributed by atoms with Gasteiger partial charge in [0.15, 0.2) is 0 Å². The van der Waals surface area contributed by atoms with Crippen LogP contribution >= 0.6 is 11.3 Å². The molecule has 1 aromatic rings. The Hall–Kier alpha value is -1.40. The van der Waals surface area contributed by atoms with Crippen LogP contribution < -0.4 is 5.32 Å². The van der Waals surface area contributed by atoms with Gasteiger partial charge in [-0.25, -0.2) is 0 Å². The number of amides is 2. The number of nitrogens with one attached hydrogen (secondary N) is 1. The maximum atomic E-state index is 13.0. The van der Waals surface area contributed by atoms with Crippen molar-refractivity contribution in [1.29, 1.82) is 0 Å². The fourth-order valence-electron chi connectivity index (χ4n) is 4.86. The molecule has 1 unspecified atom stereocenters. The van der Waals surface area contributed by atoms with Crippen LogP contribution in [0, 0.1) is 23.2 Å². The molecule has 5 nitrogen and oxygen atoms in total. The lowest BCUT2D eigenvalue weighted by molar-refractivity contribution is -0.139. The molecule has 3 fully saturated rings. The normalized spacial score (nSPS) is 30.2. The van der Waals surface area contributed by atoms with Crippen molar-refractivity contribution >= 4 is 23.2 Å². The average molecular weight is 377 g/mol. The molecule has 0 radical (unpaired) electrons. The second-order valence-electron chi connectivity index (χ2n) is 8.32. The average Bonchev–Trinajstić information content (AvgIpc) is 3.25. The highest BCUT2D eigenvalue weighted by Gasteiger charge is 2.52. The minimum atomic E-state index is -0.118. The molecule has 3 heterocycles. The topological polar surface area (TPSA) is 58.6 Å². The van der Waals surface area contributed by atoms with Gasteiger partial charge in [-0.3, -0.25) is 9.59 Å². The van der Waals surface area contributed by atoms with E-state index < -0.39 is 0 Å². The monoisotopic (exact) mass is 376 g/mol. The molecule has 142 valence electrons. The third-order valence-corrected chi connectivity index (χ3v) is 7.38. The second kappa shape index (κ2) is 7.31. The first-order valence-electron chi connectivity index (χ1n) is 9.74. The molecule has 26 heavy (non-hydrogen) atoms. The van der Waals surface area contributed by atoms with Crippen molar-refractivity contribution in [3.63, 3.8) is 0 Å². The number of thiophene rings is 1. The van der Waals surface area contributed by atoms with Crippen LogP contribution in [-0.2, 0) is 20.9 Å². The Kier molecular flexibility index (Phi) is 5.06. The fourth-order valence-corrected chi connectivity index (χ4v) is 5.50. The summed E-state index contributed by atoms with van der Waals surface area (Å²) in [6.45, 7) is 5.45. The molecule has 1 saturated carbocycles. The lowest BCUT2D eigenvalue weighted by Gasteiger charge is -2.38. The fraction of sp³-hybridized carbons (Fsp3) is 0.700. The first-order valence-corrected chi connectivity index (χ1v) is 10.6. The molecule has 2 aliphatic heterocycles. The number of carbonyl (C=O) groups is 2. The Labute approximate surface area is 159 Å². The summed E-state index contributed by atoms with van der Waals surface area (Å²) in [5.74, 6) is 1.08. The third-order valence-electron chi connectivity index (χ3n) is 6.50. The maximum Gasteiger partial charge on any atom is 0.225 e. The van der Waals surface area contributed by atoms with Gasteiger partial charge in [-0.15, -0.1) is 11.3 Å². The Morgan fingerprint density at radius 1 is 1.35 bits per heavy atom. The molecular weight excluding hydrogens is 348 g/mol. The number of hydrogen-bond acceptors (Lipinski definition) is 4. The molecule has 1 aromatic heterocycles. The van der Waals surface area contributed by atoms with Crippen LogP contribution in [0.3, 0.4) is 0 Å². The van der Waals surface area contributed by atoms with Gasteiger partial charge in [0.2, 0.25) is 11.8 Å². The molecule has 6 heteroatoms. The van der Waals surface area contributed by atoms with E-state index in [-0.39, 0.29) is 29.1 Å². The molecule has 1 N–H and O–H groups in total. The zero-order valence-corrected chi connectivity index (χ0v) is 16.2. The van der Waals surface area contributed by atoms with E-state index in [2.05, 4.69) is 12.2 Å². The first kappa shape index (κ1) is 18.0. The molecule has 1 aliphatic carbocycles. The van der Waals surface area contributed by atoms with Gasteiger partial charge < -0.3 is 15.0 Å². The van der Waals surface area contributed by atoms with Gasteiger partial charge in [0.05, 0.1) is 12.5 Å². The summed E-state index contributed by atoms with van der Waals surface area (Å²) in [7, 11) is 0. The van der Waals surface area contributed by atoms with Crippen molar-refractivity contribution in [2.75, 3.05) is 26.3 Å². The quantitative estimate of drug-likeness (QED) is 0.879. The van der Waals surface area contributed by atoms with Gasteiger partial charge in [0.25, 0.3) is 0 Å². The van der Waals surface area contributed by atoms with E-state index in [9.17, 15) is 9.59 Å². The predicted molar refractivity (Wildman–Crippen MR) is 101 cm³/mol. The van der Waals surface area contributed by atoms with E-state index in [0.717, 1.165) is 37.1 Å². The van der Waals surface area contributed by atoms with Crippen LogP contribution in [0.1, 0.15) is 37.5 Å². The van der Waals surface area contributed by atoms with Crippen LogP contribution in [-0.4, -0.2) is 43.0 Å². The third kappa shape index (κ3) is 3.41. The Bertz CT molecular complexity index is 648. The molecule has 1 spiro atoms. The van der Waals surface area contributed by atoms with Crippen LogP contribution in [0.4, 0.5) is 0 Å². The number of ether oxygens (including phenoxy) is 1. The lowest BCUT2D eigenvalue weighted by atomic mass is 9.71. The molecule has 2 amide bonds. The van der Waals surface area contributed by atoms with Gasteiger partial charge in [0.1, 0.15) is 0 Å².